The second kappa shape index (κ2) is 6.59. The lowest BCUT2D eigenvalue weighted by Gasteiger charge is -2.21. The summed E-state index contributed by atoms with van der Waals surface area (Å²) in [6, 6.07) is 12.6. The van der Waals surface area contributed by atoms with Crippen molar-refractivity contribution in [3.05, 3.63) is 42.0 Å². The maximum atomic E-state index is 11.0. The Bertz CT molecular complexity index is 638. The molecular formula is C17H22N2O2. The number of benzene rings is 2. The van der Waals surface area contributed by atoms with Crippen LogP contribution in [0.4, 0.5) is 0 Å². The van der Waals surface area contributed by atoms with E-state index in [1.807, 2.05) is 30.3 Å². The summed E-state index contributed by atoms with van der Waals surface area (Å²) in [5.41, 5.74) is 6.24. The standard InChI is InChI=1S/C17H22N2O2/c1-11(2)19-12(3)14-9-8-13-6-4-5-7-15(13)17(14)21-10-16(18)20/h4-9,11-12,19H,10H2,1-3H3,(H2,18,20). The van der Waals surface area contributed by atoms with Gasteiger partial charge in [-0.25, -0.2) is 0 Å². The Morgan fingerprint density at radius 2 is 1.90 bits per heavy atom. The Kier molecular flexibility index (Phi) is 4.81. The zero-order valence-corrected chi connectivity index (χ0v) is 12.7. The van der Waals surface area contributed by atoms with Crippen LogP contribution in [0, 0.1) is 0 Å². The molecule has 112 valence electrons. The minimum absolute atomic E-state index is 0.116. The van der Waals surface area contributed by atoms with Gasteiger partial charge in [0.25, 0.3) is 5.91 Å². The molecule has 1 unspecified atom stereocenters. The van der Waals surface area contributed by atoms with Crippen molar-refractivity contribution in [3.8, 4) is 5.75 Å². The maximum Gasteiger partial charge on any atom is 0.255 e. The third-order valence-corrected chi connectivity index (χ3v) is 3.32. The number of hydrogen-bond acceptors (Lipinski definition) is 3. The third-order valence-electron chi connectivity index (χ3n) is 3.32. The molecule has 0 saturated carbocycles. The van der Waals surface area contributed by atoms with E-state index in [0.29, 0.717) is 6.04 Å². The van der Waals surface area contributed by atoms with Crippen LogP contribution in [0.3, 0.4) is 0 Å². The fourth-order valence-electron chi connectivity index (χ4n) is 2.50. The lowest BCUT2D eigenvalue weighted by Crippen LogP contribution is -2.27. The molecule has 0 radical (unpaired) electrons. The summed E-state index contributed by atoms with van der Waals surface area (Å²) in [5, 5.41) is 5.53. The number of nitrogens with one attached hydrogen (secondary N) is 1. The molecule has 3 N–H and O–H groups in total. The number of fused-ring (bicyclic) bond motifs is 1. The zero-order valence-electron chi connectivity index (χ0n) is 12.7. The highest BCUT2D eigenvalue weighted by Crippen LogP contribution is 2.33. The van der Waals surface area contributed by atoms with Crippen molar-refractivity contribution in [1.29, 1.82) is 0 Å². The van der Waals surface area contributed by atoms with Crippen LogP contribution in [-0.4, -0.2) is 18.6 Å². The Hall–Kier alpha value is -2.07. The molecule has 0 bridgehead atoms. The van der Waals surface area contributed by atoms with Crippen LogP contribution < -0.4 is 15.8 Å². The predicted octanol–water partition coefficient (Wildman–Crippen LogP) is 2.76. The molecule has 4 heteroatoms. The molecule has 0 spiro atoms. The van der Waals surface area contributed by atoms with Gasteiger partial charge in [0.2, 0.25) is 0 Å². The van der Waals surface area contributed by atoms with E-state index in [9.17, 15) is 4.79 Å². The number of hydrogen-bond donors (Lipinski definition) is 2. The van der Waals surface area contributed by atoms with Gasteiger partial charge in [0, 0.05) is 23.0 Å². The lowest BCUT2D eigenvalue weighted by atomic mass is 10.0. The molecule has 21 heavy (non-hydrogen) atoms. The molecule has 4 nitrogen and oxygen atoms in total. The molecular weight excluding hydrogens is 264 g/mol. The summed E-state index contributed by atoms with van der Waals surface area (Å²) < 4.78 is 5.70. The number of carbonyl (C=O) groups is 1. The van der Waals surface area contributed by atoms with E-state index in [-0.39, 0.29) is 12.6 Å². The van der Waals surface area contributed by atoms with Crippen LogP contribution in [0.25, 0.3) is 10.8 Å². The Balaban J connectivity index is 2.47. The third kappa shape index (κ3) is 3.73. The summed E-state index contributed by atoms with van der Waals surface area (Å²) in [7, 11) is 0. The van der Waals surface area contributed by atoms with E-state index in [2.05, 4.69) is 32.2 Å². The highest BCUT2D eigenvalue weighted by Gasteiger charge is 2.16. The van der Waals surface area contributed by atoms with Gasteiger partial charge in [0.05, 0.1) is 0 Å². The normalized spacial score (nSPS) is 12.6. The van der Waals surface area contributed by atoms with E-state index in [1.54, 1.807) is 0 Å². The molecule has 0 fully saturated rings. The second-order valence-electron chi connectivity index (χ2n) is 5.50. The predicted molar refractivity (Wildman–Crippen MR) is 85.3 cm³/mol. The van der Waals surface area contributed by atoms with Gasteiger partial charge in [-0.05, 0) is 12.3 Å². The highest BCUT2D eigenvalue weighted by atomic mass is 16.5. The lowest BCUT2D eigenvalue weighted by molar-refractivity contribution is -0.119. The quantitative estimate of drug-likeness (QED) is 0.858. The summed E-state index contributed by atoms with van der Waals surface area (Å²) in [4.78, 5) is 11.0. The van der Waals surface area contributed by atoms with Crippen LogP contribution >= 0.6 is 0 Å². The summed E-state index contributed by atoms with van der Waals surface area (Å²) >= 11 is 0. The smallest absolute Gasteiger partial charge is 0.255 e. The molecule has 0 saturated heterocycles. The molecule has 0 aliphatic heterocycles. The number of amides is 1. The van der Waals surface area contributed by atoms with Gasteiger partial charge >= 0.3 is 0 Å². The Morgan fingerprint density at radius 3 is 2.57 bits per heavy atom. The minimum Gasteiger partial charge on any atom is -0.483 e. The molecule has 0 aromatic heterocycles. The number of rotatable bonds is 6. The molecule has 1 amide bonds. The number of ether oxygens (including phenoxy) is 1. The van der Waals surface area contributed by atoms with E-state index in [1.165, 1.54) is 0 Å². The van der Waals surface area contributed by atoms with Gasteiger partial charge in [-0.1, -0.05) is 50.2 Å². The SMILES string of the molecule is CC(C)NC(C)c1ccc2ccccc2c1OCC(N)=O. The minimum atomic E-state index is -0.474. The van der Waals surface area contributed by atoms with Crippen molar-refractivity contribution in [2.75, 3.05) is 6.61 Å². The van der Waals surface area contributed by atoms with Gasteiger partial charge in [-0.3, -0.25) is 4.79 Å². The Morgan fingerprint density at radius 1 is 1.19 bits per heavy atom. The van der Waals surface area contributed by atoms with E-state index >= 15 is 0 Å². The molecule has 0 heterocycles. The van der Waals surface area contributed by atoms with Gasteiger partial charge in [0.15, 0.2) is 6.61 Å². The van der Waals surface area contributed by atoms with Gasteiger partial charge in [-0.15, -0.1) is 0 Å². The largest absolute Gasteiger partial charge is 0.483 e. The average molecular weight is 286 g/mol. The fourth-order valence-corrected chi connectivity index (χ4v) is 2.50. The first-order valence-corrected chi connectivity index (χ1v) is 7.18. The summed E-state index contributed by atoms with van der Waals surface area (Å²) in [6.45, 7) is 6.17. The fraction of sp³-hybridized carbons (Fsp3) is 0.353. The van der Waals surface area contributed by atoms with Crippen molar-refractivity contribution in [2.45, 2.75) is 32.9 Å². The first-order valence-electron chi connectivity index (χ1n) is 7.18. The van der Waals surface area contributed by atoms with Crippen LogP contribution in [0.2, 0.25) is 0 Å². The van der Waals surface area contributed by atoms with Crippen molar-refractivity contribution in [2.24, 2.45) is 5.73 Å². The van der Waals surface area contributed by atoms with Gasteiger partial charge in [0.1, 0.15) is 5.75 Å². The van der Waals surface area contributed by atoms with Crippen molar-refractivity contribution < 1.29 is 9.53 Å². The Labute approximate surface area is 125 Å². The van der Waals surface area contributed by atoms with Crippen LogP contribution in [0.15, 0.2) is 36.4 Å². The molecule has 1 atom stereocenters. The van der Waals surface area contributed by atoms with Crippen molar-refractivity contribution in [1.82, 2.24) is 5.32 Å². The van der Waals surface area contributed by atoms with E-state index in [0.717, 1.165) is 22.1 Å². The monoisotopic (exact) mass is 286 g/mol. The molecule has 2 rings (SSSR count). The topological polar surface area (TPSA) is 64.3 Å². The van der Waals surface area contributed by atoms with Crippen LogP contribution in [0.1, 0.15) is 32.4 Å². The van der Waals surface area contributed by atoms with Crippen LogP contribution in [-0.2, 0) is 4.79 Å². The summed E-state index contributed by atoms with van der Waals surface area (Å²) in [5.74, 6) is 0.255. The highest BCUT2D eigenvalue weighted by molar-refractivity contribution is 5.90. The van der Waals surface area contributed by atoms with Crippen molar-refractivity contribution >= 4 is 16.7 Å². The maximum absolute atomic E-state index is 11.0. The van der Waals surface area contributed by atoms with Crippen molar-refractivity contribution in [3.63, 3.8) is 0 Å². The summed E-state index contributed by atoms with van der Waals surface area (Å²) in [6.07, 6.45) is 0. The van der Waals surface area contributed by atoms with E-state index in [4.69, 9.17) is 10.5 Å². The molecule has 0 aliphatic carbocycles. The van der Waals surface area contributed by atoms with Gasteiger partial charge in [-0.2, -0.15) is 0 Å². The van der Waals surface area contributed by atoms with Gasteiger partial charge < -0.3 is 15.8 Å². The molecule has 2 aromatic carbocycles. The first kappa shape index (κ1) is 15.3. The van der Waals surface area contributed by atoms with Crippen LogP contribution in [0.5, 0.6) is 5.75 Å². The molecule has 0 aliphatic rings. The number of carbonyl (C=O) groups excluding carboxylic acids is 1. The number of nitrogens with two attached hydrogens (primary N) is 1. The average Bonchev–Trinajstić information content (AvgIpc) is 2.43. The number of primary amides is 1. The first-order chi connectivity index (χ1) is 9.99. The van der Waals surface area contributed by atoms with E-state index < -0.39 is 5.91 Å². The molecule has 2 aromatic rings. The second-order valence-corrected chi connectivity index (χ2v) is 5.50. The zero-order chi connectivity index (χ0) is 15.4.